The zero-order valence-electron chi connectivity index (χ0n) is 78.9. The highest BCUT2D eigenvalue weighted by atomic mass is 79.9. The molecule has 0 aromatic heterocycles. The number of thioether (sulfide) groups is 1. The Kier molecular flexibility index (Phi) is 40.8. The van der Waals surface area contributed by atoms with Gasteiger partial charge in [0, 0.05) is 107 Å². The molecule has 0 unspecified atom stereocenters. The van der Waals surface area contributed by atoms with Crippen molar-refractivity contribution in [3.8, 4) is 0 Å². The average molecular weight is 1950 g/mol. The third-order valence-corrected chi connectivity index (χ3v) is 27.3. The fraction of sp³-hybridized carbons (Fsp3) is 0.351. The van der Waals surface area contributed by atoms with Gasteiger partial charge in [0.1, 0.15) is 17.1 Å². The number of nitrogens with zero attached hydrogens (tertiary/aromatic N) is 2. The maximum atomic E-state index is 15.5. The topological polar surface area (TPSA) is 374 Å². The molecule has 2 heterocycles. The van der Waals surface area contributed by atoms with Crippen LogP contribution in [0.5, 0.6) is 0 Å². The number of aryl methyl sites for hydroxylation is 2. The molecule has 2 aliphatic heterocycles. The molecule has 10 aromatic rings. The second-order valence-electron chi connectivity index (χ2n) is 36.2. The Morgan fingerprint density at radius 3 is 1.38 bits per heavy atom. The number of hydrogen-bond donors (Lipinski definition) is 11. The van der Waals surface area contributed by atoms with Gasteiger partial charge in [-0.05, 0) is 177 Å². The van der Waals surface area contributed by atoms with Gasteiger partial charge in [-0.2, -0.15) is 11.8 Å². The lowest BCUT2D eigenvalue weighted by Crippen LogP contribution is -2.69. The Labute approximate surface area is 821 Å². The van der Waals surface area contributed by atoms with Crippen molar-refractivity contribution in [2.24, 2.45) is 23.5 Å². The quantitative estimate of drug-likeness (QED) is 0.00959. The summed E-state index contributed by atoms with van der Waals surface area (Å²) in [7, 11) is 0. The number of aliphatic hydroxyl groups is 2. The van der Waals surface area contributed by atoms with Gasteiger partial charge in [-0.1, -0.05) is 287 Å². The van der Waals surface area contributed by atoms with E-state index >= 15 is 9.59 Å². The van der Waals surface area contributed by atoms with Crippen molar-refractivity contribution in [3.63, 3.8) is 0 Å². The summed E-state index contributed by atoms with van der Waals surface area (Å²) in [6.07, 6.45) is 5.37. The minimum absolute atomic E-state index is 0.0160. The molecule has 724 valence electrons. The molecule has 0 aliphatic carbocycles. The van der Waals surface area contributed by atoms with Crippen LogP contribution in [0.2, 0.25) is 0 Å². The third kappa shape index (κ3) is 31.2. The normalized spacial score (nSPS) is 15.3. The van der Waals surface area contributed by atoms with Crippen LogP contribution in [0, 0.1) is 17.8 Å². The molecule has 0 bridgehead atoms. The van der Waals surface area contributed by atoms with Gasteiger partial charge in [0.05, 0.1) is 30.2 Å². The van der Waals surface area contributed by atoms with E-state index in [1.54, 1.807) is 84.9 Å². The highest BCUT2D eigenvalue weighted by molar-refractivity contribution is 9.10. The lowest BCUT2D eigenvalue weighted by atomic mass is 9.80. The monoisotopic (exact) mass is 1950 g/mol. The maximum Gasteiger partial charge on any atom is 0.334 e. The van der Waals surface area contributed by atoms with Crippen molar-refractivity contribution in [1.82, 2.24) is 52.3 Å². The van der Waals surface area contributed by atoms with Gasteiger partial charge < -0.3 is 58.5 Å². The SMILES string of the molecule is CC(C)CCN(C(=O)N(CCc1ccccc1)C(N)=O)C(=O)[C@@](Cc1ccccc1)(NC(=O)c1ccc(C(=O)c2ccc(Br)cc2)cc1)[C@H](O)CCCc1ccccc1.CC(C)[C@@H](CNC(=O)[C@@](Cc1ccccc1)(NC(=O)c1ccc(C(=O)c2ccccc2)cc1)[C@H](O)CCCc1ccccc1)C(=O)N[C@@H](Cc1ccccc1)C(=O)NCCCCCNC(=O)CCCC[C@@H]1SC[C@@H]2NC(=O)N[C@@H]21. The second-order valence-corrected chi connectivity index (χ2v) is 38.4. The number of benzene rings is 10. The van der Waals surface area contributed by atoms with E-state index in [4.69, 9.17) is 5.73 Å². The number of nitrogens with one attached hydrogen (secondary N) is 8. The molecule has 0 saturated carbocycles. The molecule has 2 saturated heterocycles. The van der Waals surface area contributed by atoms with Crippen LogP contribution in [0.3, 0.4) is 0 Å². The second kappa shape index (κ2) is 53.5. The highest BCUT2D eigenvalue weighted by Gasteiger charge is 2.52. The molecule has 0 radical (unpaired) electrons. The summed E-state index contributed by atoms with van der Waals surface area (Å²) in [5.74, 6) is -4.31. The Morgan fingerprint density at radius 2 is 0.891 bits per heavy atom. The molecule has 9 atom stereocenters. The zero-order valence-corrected chi connectivity index (χ0v) is 81.3. The summed E-state index contributed by atoms with van der Waals surface area (Å²) in [5.41, 5.74) is 8.88. The lowest BCUT2D eigenvalue weighted by Gasteiger charge is -2.41. The fourth-order valence-electron chi connectivity index (χ4n) is 17.2. The van der Waals surface area contributed by atoms with Crippen molar-refractivity contribution in [2.75, 3.05) is 38.5 Å². The fourth-order valence-corrected chi connectivity index (χ4v) is 19.0. The summed E-state index contributed by atoms with van der Waals surface area (Å²) in [5, 5.41) is 49.0. The van der Waals surface area contributed by atoms with Gasteiger partial charge in [-0.25, -0.2) is 19.3 Å². The first-order chi connectivity index (χ1) is 66.7. The number of halogens is 1. The summed E-state index contributed by atoms with van der Waals surface area (Å²) < 4.78 is 0.829. The van der Waals surface area contributed by atoms with E-state index in [-0.39, 0.29) is 123 Å². The van der Waals surface area contributed by atoms with E-state index in [0.717, 1.165) is 74.4 Å². The summed E-state index contributed by atoms with van der Waals surface area (Å²) in [6, 6.07) is 81.6. The molecule has 10 aromatic carbocycles. The van der Waals surface area contributed by atoms with Crippen molar-refractivity contribution >= 4 is 98.7 Å². The number of rotatable bonds is 49. The molecule has 12 rings (SSSR count). The first-order valence-corrected chi connectivity index (χ1v) is 49.6. The molecule has 2 fully saturated rings. The largest absolute Gasteiger partial charge is 0.390 e. The number of primary amides is 1. The number of ketones is 2. The number of nitrogens with two attached hydrogens (primary N) is 1. The van der Waals surface area contributed by atoms with Crippen molar-refractivity contribution in [2.45, 2.75) is 190 Å². The number of imide groups is 2. The number of carbonyl (C=O) groups is 12. The number of aliphatic hydroxyl groups excluding tert-OH is 2. The molecule has 2 aliphatic rings. The van der Waals surface area contributed by atoms with Gasteiger partial charge in [-0.3, -0.25) is 48.1 Å². The minimum atomic E-state index is -2.10. The van der Waals surface area contributed by atoms with Crippen LogP contribution in [-0.2, 0) is 62.5 Å². The molecular weight excluding hydrogens is 1820 g/mol. The molecular formula is C111H128BrN11O14S. The molecule has 12 N–H and O–H groups in total. The molecule has 0 spiro atoms. The van der Waals surface area contributed by atoms with E-state index in [0.29, 0.717) is 96.7 Å². The first kappa shape index (κ1) is 105. The van der Waals surface area contributed by atoms with Gasteiger partial charge in [0.2, 0.25) is 23.6 Å². The number of carbonyl (C=O) groups excluding carboxylic acids is 12. The molecule has 13 amide bonds. The Morgan fingerprint density at radius 1 is 0.457 bits per heavy atom. The summed E-state index contributed by atoms with van der Waals surface area (Å²) in [6.45, 7) is 8.11. The average Bonchev–Trinajstić information content (AvgIpc) is 0.924. The smallest absolute Gasteiger partial charge is 0.334 e. The summed E-state index contributed by atoms with van der Waals surface area (Å²) >= 11 is 5.26. The van der Waals surface area contributed by atoms with Crippen LogP contribution in [0.1, 0.15) is 191 Å². The van der Waals surface area contributed by atoms with Crippen molar-refractivity contribution < 1.29 is 67.7 Å². The van der Waals surface area contributed by atoms with Crippen LogP contribution < -0.4 is 48.3 Å². The predicted octanol–water partition coefficient (Wildman–Crippen LogP) is 15.7. The maximum absolute atomic E-state index is 15.5. The van der Waals surface area contributed by atoms with Gasteiger partial charge >= 0.3 is 18.1 Å². The van der Waals surface area contributed by atoms with E-state index < -0.39 is 76.8 Å². The molecule has 25 nitrogen and oxygen atoms in total. The van der Waals surface area contributed by atoms with Gasteiger partial charge in [-0.15, -0.1) is 0 Å². The van der Waals surface area contributed by atoms with E-state index in [1.165, 1.54) is 36.4 Å². The Bertz CT molecular complexity index is 5630. The van der Waals surface area contributed by atoms with Crippen molar-refractivity contribution in [1.29, 1.82) is 0 Å². The Hall–Kier alpha value is -13.2. The molecule has 27 heteroatoms. The lowest BCUT2D eigenvalue weighted by molar-refractivity contribution is -0.141. The first-order valence-electron chi connectivity index (χ1n) is 47.8. The number of hydrogen-bond acceptors (Lipinski definition) is 15. The number of unbranched alkanes of at least 4 members (excludes halogenated alkanes) is 3. The zero-order chi connectivity index (χ0) is 98.4. The number of urea groups is 3. The minimum Gasteiger partial charge on any atom is -0.390 e. The molecule has 138 heavy (non-hydrogen) atoms. The van der Waals surface area contributed by atoms with Gasteiger partial charge in [0.25, 0.3) is 17.7 Å². The standard InChI is InChI=1S/C63H77N7O8S.C48H51BrN4O6/c1-43(2)50(59(75)67-51(39-45-23-10-4-11-24-45)60(76)65-38-19-7-18-37-64-55(72)32-17-16-30-53-56-52(42-79-53)68-62(78)69-56)41-66-61(77)63(40-46-25-12-5-13-26-46,54(71)31-20-27-44-21-8-3-9-22-44)70-58(74)49-35-33-48(34-36-49)57(73)47-28-14-6-15-29-47;1-34(2)29-31-52(47(59)53(46(50)58)32-30-36-15-8-4-9-16-36)45(57)48(33-37-17-10-5-11-18-37,42(54)20-12-19-35-13-6-3-7-14-35)51-44(56)40-23-21-38(22-24-40)43(55)39-25-27-41(49)28-26-39/h3-6,8-15,21-26,28-29,33-36,43,50-54,56,71H,7,16-20,27,30-32,37-42H2,1-2H3,(H,64,72)(H,65,76)(H,66,77)(H,67,75)(H,70,74)(H2,68,69,78);3-11,13-18,21-28,34,42,54H,12,19-20,29-33H2,1-2H3,(H2,50,58)(H,51,56)/t50-,51+,52+,53+,54-,56+,63+;42-,48+/m11/s1. The number of amides is 13. The summed E-state index contributed by atoms with van der Waals surface area (Å²) in [4.78, 5) is 168. The van der Waals surface area contributed by atoms with E-state index in [9.17, 15) is 58.2 Å². The van der Waals surface area contributed by atoms with Crippen LogP contribution in [0.15, 0.2) is 290 Å². The van der Waals surface area contributed by atoms with E-state index in [1.807, 2.05) is 203 Å². The Balaban J connectivity index is 0.000000276. The van der Waals surface area contributed by atoms with Crippen LogP contribution in [-0.4, -0.2) is 176 Å². The van der Waals surface area contributed by atoms with Crippen LogP contribution in [0.4, 0.5) is 14.4 Å². The van der Waals surface area contributed by atoms with Gasteiger partial charge in [0.15, 0.2) is 11.6 Å². The van der Waals surface area contributed by atoms with Crippen molar-refractivity contribution in [3.05, 3.63) is 356 Å². The third-order valence-electron chi connectivity index (χ3n) is 25.2. The van der Waals surface area contributed by atoms with Crippen LogP contribution >= 0.6 is 27.7 Å². The number of fused-ring (bicyclic) bond motifs is 1. The highest BCUT2D eigenvalue weighted by Crippen LogP contribution is 2.35. The predicted molar refractivity (Wildman–Crippen MR) is 542 cm³/mol. The van der Waals surface area contributed by atoms with E-state index in [2.05, 4.69) is 58.5 Å². The van der Waals surface area contributed by atoms with Crippen LogP contribution in [0.25, 0.3) is 0 Å².